The topological polar surface area (TPSA) is 46.3 Å². The van der Waals surface area contributed by atoms with Crippen molar-refractivity contribution in [1.82, 2.24) is 4.90 Å². The Morgan fingerprint density at radius 3 is 2.86 bits per heavy atom. The van der Waals surface area contributed by atoms with Crippen LogP contribution in [0.3, 0.4) is 0 Å². The fraction of sp³-hybridized carbons (Fsp3) is 0.500. The summed E-state index contributed by atoms with van der Waals surface area (Å²) in [4.78, 5) is 14.7. The van der Waals surface area contributed by atoms with Crippen LogP contribution >= 0.6 is 0 Å². The molecule has 1 aromatic carbocycles. The minimum absolute atomic E-state index is 0.116. The highest BCUT2D eigenvalue weighted by Crippen LogP contribution is 2.24. The molecule has 2 unspecified atom stereocenters. The molecule has 3 heteroatoms. The predicted molar refractivity (Wildman–Crippen MR) is 86.0 cm³/mol. The van der Waals surface area contributed by atoms with Gasteiger partial charge in [0.1, 0.15) is 0 Å². The molecule has 0 spiro atoms. The van der Waals surface area contributed by atoms with Gasteiger partial charge in [-0.25, -0.2) is 0 Å². The van der Waals surface area contributed by atoms with Gasteiger partial charge in [-0.2, -0.15) is 0 Å². The summed E-state index contributed by atoms with van der Waals surface area (Å²) in [7, 11) is 0. The van der Waals surface area contributed by atoms with Gasteiger partial charge in [0, 0.05) is 23.7 Å². The first-order valence-corrected chi connectivity index (χ1v) is 7.63. The molecule has 2 rings (SSSR count). The van der Waals surface area contributed by atoms with Crippen molar-refractivity contribution < 1.29 is 4.79 Å². The molecule has 0 bridgehead atoms. The fourth-order valence-electron chi connectivity index (χ4n) is 2.91. The Morgan fingerprint density at radius 1 is 1.43 bits per heavy atom. The van der Waals surface area contributed by atoms with Gasteiger partial charge in [-0.05, 0) is 50.3 Å². The first-order chi connectivity index (χ1) is 10.0. The summed E-state index contributed by atoms with van der Waals surface area (Å²) in [6, 6.07) is 6.06. The molecule has 0 radical (unpaired) electrons. The van der Waals surface area contributed by atoms with Crippen molar-refractivity contribution in [3.05, 3.63) is 34.9 Å². The summed E-state index contributed by atoms with van der Waals surface area (Å²) < 4.78 is 0. The van der Waals surface area contributed by atoms with Crippen molar-refractivity contribution in [2.75, 3.05) is 13.1 Å². The number of aryl methyl sites for hydroxylation is 1. The molecular weight excluding hydrogens is 260 g/mol. The zero-order valence-electron chi connectivity index (χ0n) is 13.1. The standard InChI is InChI=1S/C18H24N2O/c1-13-8-10-20(15(3)11-13)18(21)17-7-6-14(2)16(12-17)5-4-9-19/h6-7,12-13,15H,8-11,19H2,1-3H3. The number of likely N-dealkylation sites (tertiary alicyclic amines) is 1. The van der Waals surface area contributed by atoms with E-state index in [-0.39, 0.29) is 5.91 Å². The van der Waals surface area contributed by atoms with Gasteiger partial charge in [0.15, 0.2) is 0 Å². The number of nitrogens with two attached hydrogens (primary N) is 1. The Morgan fingerprint density at radius 2 is 2.19 bits per heavy atom. The molecule has 0 aromatic heterocycles. The summed E-state index contributed by atoms with van der Waals surface area (Å²) >= 11 is 0. The molecule has 1 fully saturated rings. The van der Waals surface area contributed by atoms with Crippen molar-refractivity contribution in [3.63, 3.8) is 0 Å². The van der Waals surface area contributed by atoms with E-state index >= 15 is 0 Å². The highest BCUT2D eigenvalue weighted by Gasteiger charge is 2.27. The Bertz CT molecular complexity index is 583. The number of amides is 1. The zero-order valence-corrected chi connectivity index (χ0v) is 13.1. The SMILES string of the molecule is Cc1ccc(C(=O)N2CCC(C)CC2C)cc1C#CCN. The van der Waals surface area contributed by atoms with Crippen LogP contribution in [-0.4, -0.2) is 29.9 Å². The largest absolute Gasteiger partial charge is 0.336 e. The Kier molecular flexibility index (Phi) is 5.03. The van der Waals surface area contributed by atoms with E-state index in [9.17, 15) is 4.79 Å². The molecule has 2 atom stereocenters. The van der Waals surface area contributed by atoms with Crippen LogP contribution in [0.25, 0.3) is 0 Å². The molecule has 0 saturated carbocycles. The quantitative estimate of drug-likeness (QED) is 0.806. The second kappa shape index (κ2) is 6.78. The van der Waals surface area contributed by atoms with E-state index in [0.717, 1.165) is 36.1 Å². The van der Waals surface area contributed by atoms with Crippen LogP contribution in [0.4, 0.5) is 0 Å². The van der Waals surface area contributed by atoms with E-state index in [4.69, 9.17) is 5.73 Å². The van der Waals surface area contributed by atoms with Crippen LogP contribution in [0.15, 0.2) is 18.2 Å². The van der Waals surface area contributed by atoms with Gasteiger partial charge < -0.3 is 10.6 Å². The van der Waals surface area contributed by atoms with Gasteiger partial charge in [-0.1, -0.05) is 24.8 Å². The van der Waals surface area contributed by atoms with Gasteiger partial charge in [-0.15, -0.1) is 0 Å². The molecule has 2 N–H and O–H groups in total. The third-order valence-electron chi connectivity index (χ3n) is 4.21. The van der Waals surface area contributed by atoms with E-state index in [2.05, 4.69) is 25.7 Å². The fourth-order valence-corrected chi connectivity index (χ4v) is 2.91. The Balaban J connectivity index is 2.23. The van der Waals surface area contributed by atoms with Crippen molar-refractivity contribution >= 4 is 5.91 Å². The van der Waals surface area contributed by atoms with Crippen LogP contribution < -0.4 is 5.73 Å². The van der Waals surface area contributed by atoms with Crippen molar-refractivity contribution in [2.45, 2.75) is 39.7 Å². The number of nitrogens with zero attached hydrogens (tertiary/aromatic N) is 1. The first-order valence-electron chi connectivity index (χ1n) is 7.63. The molecule has 0 aliphatic carbocycles. The Hall–Kier alpha value is -1.79. The zero-order chi connectivity index (χ0) is 15.4. The van der Waals surface area contributed by atoms with E-state index in [1.165, 1.54) is 0 Å². The molecule has 1 saturated heterocycles. The lowest BCUT2D eigenvalue weighted by atomic mass is 9.92. The predicted octanol–water partition coefficient (Wildman–Crippen LogP) is 2.57. The molecule has 1 amide bonds. The monoisotopic (exact) mass is 284 g/mol. The summed E-state index contributed by atoms with van der Waals surface area (Å²) in [6.45, 7) is 7.57. The summed E-state index contributed by atoms with van der Waals surface area (Å²) in [5.74, 6) is 6.72. The number of benzene rings is 1. The lowest BCUT2D eigenvalue weighted by molar-refractivity contribution is 0.0588. The van der Waals surface area contributed by atoms with Gasteiger partial charge in [0.2, 0.25) is 0 Å². The van der Waals surface area contributed by atoms with E-state index < -0.39 is 0 Å². The highest BCUT2D eigenvalue weighted by atomic mass is 16.2. The number of piperidine rings is 1. The smallest absolute Gasteiger partial charge is 0.254 e. The minimum Gasteiger partial charge on any atom is -0.336 e. The normalized spacial score (nSPS) is 21.6. The van der Waals surface area contributed by atoms with Gasteiger partial charge in [0.05, 0.1) is 6.54 Å². The summed E-state index contributed by atoms with van der Waals surface area (Å²) in [6.07, 6.45) is 2.17. The van der Waals surface area contributed by atoms with E-state index in [1.807, 2.05) is 30.0 Å². The number of hydrogen-bond acceptors (Lipinski definition) is 2. The summed E-state index contributed by atoms with van der Waals surface area (Å²) in [5, 5.41) is 0. The summed E-state index contributed by atoms with van der Waals surface area (Å²) in [5.41, 5.74) is 8.12. The number of carbonyl (C=O) groups excluding carboxylic acids is 1. The number of hydrogen-bond donors (Lipinski definition) is 1. The van der Waals surface area contributed by atoms with Gasteiger partial charge in [0.25, 0.3) is 5.91 Å². The number of rotatable bonds is 1. The third kappa shape index (κ3) is 3.65. The van der Waals surface area contributed by atoms with Crippen molar-refractivity contribution in [1.29, 1.82) is 0 Å². The van der Waals surface area contributed by atoms with Crippen LogP contribution in [0.5, 0.6) is 0 Å². The molecule has 1 heterocycles. The maximum Gasteiger partial charge on any atom is 0.254 e. The first kappa shape index (κ1) is 15.6. The molecule has 112 valence electrons. The third-order valence-corrected chi connectivity index (χ3v) is 4.21. The van der Waals surface area contributed by atoms with Gasteiger partial charge in [-0.3, -0.25) is 4.79 Å². The molecule has 1 aliphatic rings. The van der Waals surface area contributed by atoms with Gasteiger partial charge >= 0.3 is 0 Å². The lowest BCUT2D eigenvalue weighted by Gasteiger charge is -2.36. The molecule has 1 aromatic rings. The maximum absolute atomic E-state index is 12.7. The van der Waals surface area contributed by atoms with Crippen LogP contribution in [-0.2, 0) is 0 Å². The molecule has 21 heavy (non-hydrogen) atoms. The van der Waals surface area contributed by atoms with E-state index in [0.29, 0.717) is 18.5 Å². The van der Waals surface area contributed by atoms with Crippen molar-refractivity contribution in [2.24, 2.45) is 11.7 Å². The van der Waals surface area contributed by atoms with Crippen LogP contribution in [0, 0.1) is 24.7 Å². The van der Waals surface area contributed by atoms with Crippen LogP contribution in [0.1, 0.15) is 48.2 Å². The minimum atomic E-state index is 0.116. The second-order valence-corrected chi connectivity index (χ2v) is 6.01. The molecular formula is C18H24N2O. The number of carbonyl (C=O) groups is 1. The molecule has 3 nitrogen and oxygen atoms in total. The lowest BCUT2D eigenvalue weighted by Crippen LogP contribution is -2.44. The second-order valence-electron chi connectivity index (χ2n) is 6.01. The van der Waals surface area contributed by atoms with Crippen molar-refractivity contribution in [3.8, 4) is 11.8 Å². The Labute approximate surface area is 127 Å². The average molecular weight is 284 g/mol. The van der Waals surface area contributed by atoms with Crippen LogP contribution in [0.2, 0.25) is 0 Å². The maximum atomic E-state index is 12.7. The molecule has 1 aliphatic heterocycles. The highest BCUT2D eigenvalue weighted by molar-refractivity contribution is 5.95. The van der Waals surface area contributed by atoms with E-state index in [1.54, 1.807) is 0 Å². The average Bonchev–Trinajstić information content (AvgIpc) is 2.46.